The molecule has 34 heavy (non-hydrogen) atoms. The topological polar surface area (TPSA) is 74.2 Å². The van der Waals surface area contributed by atoms with Gasteiger partial charge in [-0.05, 0) is 43.0 Å². The van der Waals surface area contributed by atoms with Crippen LogP contribution in [-0.4, -0.2) is 38.7 Å². The molecule has 0 saturated carbocycles. The molecule has 5 rings (SSSR count). The van der Waals surface area contributed by atoms with E-state index in [1.807, 2.05) is 6.07 Å². The molecule has 0 bridgehead atoms. The number of nitrogens with one attached hydrogen (secondary N) is 1. The van der Waals surface area contributed by atoms with Gasteiger partial charge in [-0.25, -0.2) is 4.98 Å². The maximum absolute atomic E-state index is 13.0. The Balaban J connectivity index is 1.29. The number of hydrogen-bond acceptors (Lipinski definition) is 5. The molecule has 2 aliphatic rings. The van der Waals surface area contributed by atoms with Gasteiger partial charge in [-0.1, -0.05) is 18.2 Å². The van der Waals surface area contributed by atoms with Gasteiger partial charge in [-0.3, -0.25) is 19.7 Å². The largest absolute Gasteiger partial charge is 0.416 e. The molecular formula is C25H24F3N5O. The molecule has 1 N–H and O–H groups in total. The van der Waals surface area contributed by atoms with Crippen molar-refractivity contribution in [3.05, 3.63) is 81.2 Å². The van der Waals surface area contributed by atoms with Crippen molar-refractivity contribution < 1.29 is 13.2 Å². The van der Waals surface area contributed by atoms with Crippen LogP contribution in [0.15, 0.2) is 52.4 Å². The number of pyridine rings is 1. The van der Waals surface area contributed by atoms with Crippen molar-refractivity contribution in [3.63, 3.8) is 0 Å². The Kier molecular flexibility index (Phi) is 6.03. The number of alkyl halides is 3. The van der Waals surface area contributed by atoms with Crippen molar-refractivity contribution in [2.75, 3.05) is 13.1 Å². The van der Waals surface area contributed by atoms with E-state index in [9.17, 15) is 18.0 Å². The van der Waals surface area contributed by atoms with Crippen molar-refractivity contribution in [3.8, 4) is 11.3 Å². The zero-order valence-corrected chi connectivity index (χ0v) is 18.5. The zero-order valence-electron chi connectivity index (χ0n) is 18.5. The first-order valence-corrected chi connectivity index (χ1v) is 11.4. The van der Waals surface area contributed by atoms with E-state index in [-0.39, 0.29) is 5.56 Å². The number of hydrogen-bond donors (Lipinski definition) is 1. The van der Waals surface area contributed by atoms with Gasteiger partial charge in [0.2, 0.25) is 0 Å². The third kappa shape index (κ3) is 4.79. The SMILES string of the molecule is O=c1[nH]c(C2=NCCCC2)nc2c1CN(Cc1ccc(-c3cccc(C(F)(F)F)c3)nc1)CC2. The molecule has 0 fully saturated rings. The first kappa shape index (κ1) is 22.5. The van der Waals surface area contributed by atoms with Crippen molar-refractivity contribution in [1.82, 2.24) is 19.9 Å². The number of aromatic nitrogens is 3. The van der Waals surface area contributed by atoms with E-state index in [0.29, 0.717) is 42.2 Å². The Hall–Kier alpha value is -3.33. The Morgan fingerprint density at radius 2 is 1.97 bits per heavy atom. The van der Waals surface area contributed by atoms with Crippen LogP contribution in [0, 0.1) is 0 Å². The highest BCUT2D eigenvalue weighted by Crippen LogP contribution is 2.31. The highest BCUT2D eigenvalue weighted by atomic mass is 19.4. The van der Waals surface area contributed by atoms with Gasteiger partial charge < -0.3 is 4.98 Å². The van der Waals surface area contributed by atoms with Gasteiger partial charge in [0, 0.05) is 44.4 Å². The smallest absolute Gasteiger partial charge is 0.305 e. The molecule has 0 amide bonds. The summed E-state index contributed by atoms with van der Waals surface area (Å²) in [6.07, 6.45) is 0.944. The van der Waals surface area contributed by atoms with Gasteiger partial charge in [0.1, 0.15) is 0 Å². The molecule has 176 valence electrons. The third-order valence-corrected chi connectivity index (χ3v) is 6.26. The van der Waals surface area contributed by atoms with Crippen LogP contribution in [0.5, 0.6) is 0 Å². The highest BCUT2D eigenvalue weighted by molar-refractivity contribution is 5.97. The summed E-state index contributed by atoms with van der Waals surface area (Å²) in [6.45, 7) is 2.61. The fourth-order valence-electron chi connectivity index (χ4n) is 4.45. The zero-order chi connectivity index (χ0) is 23.7. The Bertz CT molecular complexity index is 1280. The lowest BCUT2D eigenvalue weighted by Gasteiger charge is -2.27. The van der Waals surface area contributed by atoms with Crippen LogP contribution in [0.2, 0.25) is 0 Å². The molecule has 0 aliphatic carbocycles. The summed E-state index contributed by atoms with van der Waals surface area (Å²) in [5.41, 5.74) is 3.43. The molecule has 2 aliphatic heterocycles. The molecule has 1 aromatic carbocycles. The van der Waals surface area contributed by atoms with Crippen LogP contribution in [0.4, 0.5) is 13.2 Å². The maximum Gasteiger partial charge on any atom is 0.416 e. The Morgan fingerprint density at radius 3 is 2.71 bits per heavy atom. The van der Waals surface area contributed by atoms with Gasteiger partial charge in [-0.15, -0.1) is 0 Å². The normalized spacial score (nSPS) is 16.7. The molecule has 6 nitrogen and oxygen atoms in total. The summed E-state index contributed by atoms with van der Waals surface area (Å²) in [7, 11) is 0. The molecule has 9 heteroatoms. The monoisotopic (exact) mass is 467 g/mol. The average Bonchev–Trinajstić information content (AvgIpc) is 2.85. The van der Waals surface area contributed by atoms with E-state index in [1.54, 1.807) is 18.3 Å². The summed E-state index contributed by atoms with van der Waals surface area (Å²) in [4.78, 5) is 31.4. The minimum atomic E-state index is -4.39. The molecule has 0 atom stereocenters. The second-order valence-electron chi connectivity index (χ2n) is 8.72. The number of benzene rings is 1. The Labute approximate surface area is 194 Å². The number of H-pyrrole nitrogens is 1. The molecule has 3 aromatic rings. The summed E-state index contributed by atoms with van der Waals surface area (Å²) in [5.74, 6) is 0.603. The van der Waals surface area contributed by atoms with E-state index in [1.165, 1.54) is 6.07 Å². The fraction of sp³-hybridized carbons (Fsp3) is 0.360. The second kappa shape index (κ2) is 9.13. The molecular weight excluding hydrogens is 443 g/mol. The van der Waals surface area contributed by atoms with Crippen molar-refractivity contribution in [2.45, 2.75) is 44.9 Å². The quantitative estimate of drug-likeness (QED) is 0.618. The van der Waals surface area contributed by atoms with Gasteiger partial charge in [0.15, 0.2) is 5.82 Å². The summed E-state index contributed by atoms with van der Waals surface area (Å²) < 4.78 is 39.0. The predicted molar refractivity (Wildman–Crippen MR) is 123 cm³/mol. The first-order chi connectivity index (χ1) is 16.4. The van der Waals surface area contributed by atoms with Crippen molar-refractivity contribution >= 4 is 5.71 Å². The number of nitrogens with zero attached hydrogens (tertiary/aromatic N) is 4. The first-order valence-electron chi connectivity index (χ1n) is 11.4. The number of fused-ring (bicyclic) bond motifs is 1. The predicted octanol–water partition coefficient (Wildman–Crippen LogP) is 4.38. The molecule has 0 spiro atoms. The third-order valence-electron chi connectivity index (χ3n) is 6.26. The lowest BCUT2D eigenvalue weighted by atomic mass is 10.0. The highest BCUT2D eigenvalue weighted by Gasteiger charge is 2.30. The van der Waals surface area contributed by atoms with Crippen LogP contribution >= 0.6 is 0 Å². The van der Waals surface area contributed by atoms with Gasteiger partial charge in [-0.2, -0.15) is 13.2 Å². The van der Waals surface area contributed by atoms with Crippen LogP contribution in [0.3, 0.4) is 0 Å². The van der Waals surface area contributed by atoms with Crippen LogP contribution in [-0.2, 0) is 25.7 Å². The number of aromatic amines is 1. The van der Waals surface area contributed by atoms with Crippen LogP contribution in [0.25, 0.3) is 11.3 Å². The number of halogens is 3. The van der Waals surface area contributed by atoms with Crippen LogP contribution in [0.1, 0.15) is 47.5 Å². The van der Waals surface area contributed by atoms with Gasteiger partial charge in [0.05, 0.1) is 28.2 Å². The van der Waals surface area contributed by atoms with Crippen molar-refractivity contribution in [1.29, 1.82) is 0 Å². The molecule has 0 unspecified atom stereocenters. The summed E-state index contributed by atoms with van der Waals surface area (Å²) in [5, 5.41) is 0. The van der Waals surface area contributed by atoms with E-state index >= 15 is 0 Å². The van der Waals surface area contributed by atoms with Gasteiger partial charge >= 0.3 is 6.18 Å². The Morgan fingerprint density at radius 1 is 1.09 bits per heavy atom. The van der Waals surface area contributed by atoms with Crippen molar-refractivity contribution in [2.24, 2.45) is 4.99 Å². The fourth-order valence-corrected chi connectivity index (χ4v) is 4.45. The molecule has 4 heterocycles. The van der Waals surface area contributed by atoms with E-state index in [2.05, 4.69) is 19.9 Å². The number of rotatable bonds is 4. The molecule has 0 saturated heterocycles. The van der Waals surface area contributed by atoms with Crippen LogP contribution < -0.4 is 5.56 Å². The van der Waals surface area contributed by atoms with E-state index in [0.717, 1.165) is 61.5 Å². The second-order valence-corrected chi connectivity index (χ2v) is 8.72. The molecule has 0 radical (unpaired) electrons. The lowest BCUT2D eigenvalue weighted by molar-refractivity contribution is -0.137. The summed E-state index contributed by atoms with van der Waals surface area (Å²) >= 11 is 0. The average molecular weight is 467 g/mol. The minimum absolute atomic E-state index is 0.115. The summed E-state index contributed by atoms with van der Waals surface area (Å²) in [6, 6.07) is 8.76. The number of aliphatic imine (C=N–C) groups is 1. The van der Waals surface area contributed by atoms with E-state index in [4.69, 9.17) is 4.98 Å². The maximum atomic E-state index is 13.0. The minimum Gasteiger partial charge on any atom is -0.305 e. The molecule has 2 aromatic heterocycles. The van der Waals surface area contributed by atoms with Gasteiger partial charge in [0.25, 0.3) is 5.56 Å². The standard InChI is InChI=1S/C25H24F3N5O/c26-25(27,28)18-5-3-4-17(12-18)20-8-7-16(13-30-20)14-33-11-9-21-19(15-33)24(34)32-23(31-21)22-6-1-2-10-29-22/h3-5,7-8,12-13H,1-2,6,9-11,14-15H2,(H,31,32,34). The van der Waals surface area contributed by atoms with E-state index < -0.39 is 11.7 Å². The lowest BCUT2D eigenvalue weighted by Crippen LogP contribution is -2.36.